The largest absolute Gasteiger partial charge is 0.453 e. The summed E-state index contributed by atoms with van der Waals surface area (Å²) < 4.78 is 17.9. The van der Waals surface area contributed by atoms with Crippen molar-refractivity contribution in [2.24, 2.45) is 5.92 Å². The van der Waals surface area contributed by atoms with E-state index in [9.17, 15) is 15.0 Å². The molecule has 1 saturated heterocycles. The molecule has 0 aromatic heterocycles. The first kappa shape index (κ1) is 32.8. The van der Waals surface area contributed by atoms with Gasteiger partial charge < -0.3 is 24.4 Å². The molecule has 1 aromatic rings. The number of piperidine rings is 1. The molecule has 4 atom stereocenters. The summed E-state index contributed by atoms with van der Waals surface area (Å²) in [5.74, 6) is -0.314. The maximum absolute atomic E-state index is 12.5. The summed E-state index contributed by atoms with van der Waals surface area (Å²) >= 11 is 0. The summed E-state index contributed by atoms with van der Waals surface area (Å²) in [6.07, 6.45) is 21.8. The van der Waals surface area contributed by atoms with Gasteiger partial charge in [0.25, 0.3) is 0 Å². The molecule has 7 heteroatoms. The number of likely N-dealkylation sites (tertiary alicyclic amines) is 1. The molecule has 0 amide bonds. The highest BCUT2D eigenvalue weighted by atomic mass is 16.7. The summed E-state index contributed by atoms with van der Waals surface area (Å²) in [5, 5.41) is 24.7. The fraction of sp³-hybridized carbons (Fsp3) is 0.763. The standard InChI is InChI=1S/C38H57NO6/c1-3-4-5-6-7-8-9-10-11-12-13-14-15-16-33(40)44-27-43-31-20-19-30-25-32-37(41)22-21-28(2)38(42)36(37,34(30)35(31)45-38)23-24-39(32)26-29-17-18-29/h19-20,29,32,41-42H,2-18,21-27H2,1H3/t32?,36-,37-,38+/m1/s1. The van der Waals surface area contributed by atoms with Gasteiger partial charge >= 0.3 is 5.97 Å². The highest BCUT2D eigenvalue weighted by molar-refractivity contribution is 5.69. The summed E-state index contributed by atoms with van der Waals surface area (Å²) in [6, 6.07) is 3.84. The number of nitrogens with zero attached hydrogens (tertiary/aromatic N) is 1. The van der Waals surface area contributed by atoms with E-state index in [1.165, 1.54) is 77.0 Å². The highest BCUT2D eigenvalue weighted by Gasteiger charge is 2.78. The van der Waals surface area contributed by atoms with Crippen molar-refractivity contribution >= 4 is 5.97 Å². The molecule has 45 heavy (non-hydrogen) atoms. The Kier molecular flexibility index (Phi) is 10.2. The molecule has 2 aliphatic heterocycles. The van der Waals surface area contributed by atoms with Gasteiger partial charge in [-0.1, -0.05) is 96.6 Å². The third-order valence-electron chi connectivity index (χ3n) is 11.8. The molecular weight excluding hydrogens is 566 g/mol. The van der Waals surface area contributed by atoms with Gasteiger partial charge in [-0.05, 0) is 74.6 Å². The fourth-order valence-electron chi connectivity index (χ4n) is 9.08. The van der Waals surface area contributed by atoms with Gasteiger partial charge in [0.1, 0.15) is 5.41 Å². The number of rotatable bonds is 19. The SMILES string of the molecule is C=C1CC[C@@]2(O)C3Cc4ccc(OCOC(=O)CCCCCCCCCCCCCCC)c5c4[C@@]2(CCN3CC2CC2)[C@@]1(O)O5. The number of hydrogen-bond donors (Lipinski definition) is 2. The second-order valence-corrected chi connectivity index (χ2v) is 14.8. The summed E-state index contributed by atoms with van der Waals surface area (Å²) in [7, 11) is 0. The molecule has 5 aliphatic rings. The lowest BCUT2D eigenvalue weighted by atomic mass is 9.47. The van der Waals surface area contributed by atoms with Crippen molar-refractivity contribution < 1.29 is 29.2 Å². The minimum atomic E-state index is -1.69. The first-order valence-corrected chi connectivity index (χ1v) is 18.3. The summed E-state index contributed by atoms with van der Waals surface area (Å²) in [6.45, 7) is 8.11. The lowest BCUT2D eigenvalue weighted by Gasteiger charge is -2.65. The van der Waals surface area contributed by atoms with Gasteiger partial charge in [0, 0.05) is 24.6 Å². The van der Waals surface area contributed by atoms with E-state index in [-0.39, 0.29) is 18.8 Å². The molecule has 1 aromatic carbocycles. The molecule has 3 aliphatic carbocycles. The first-order valence-electron chi connectivity index (χ1n) is 18.3. The first-order chi connectivity index (χ1) is 21.8. The van der Waals surface area contributed by atoms with E-state index in [0.717, 1.165) is 49.4 Å². The maximum Gasteiger partial charge on any atom is 0.308 e. The average Bonchev–Trinajstić information content (AvgIpc) is 3.79. The minimum absolute atomic E-state index is 0.0636. The number of benzene rings is 1. The van der Waals surface area contributed by atoms with E-state index >= 15 is 0 Å². The molecule has 7 nitrogen and oxygen atoms in total. The Balaban J connectivity index is 0.979. The van der Waals surface area contributed by atoms with Gasteiger partial charge in [0.2, 0.25) is 12.6 Å². The van der Waals surface area contributed by atoms with Gasteiger partial charge in [0.05, 0.1) is 5.60 Å². The van der Waals surface area contributed by atoms with Crippen molar-refractivity contribution in [3.8, 4) is 11.5 Å². The smallest absolute Gasteiger partial charge is 0.308 e. The Morgan fingerprint density at radius 3 is 2.31 bits per heavy atom. The van der Waals surface area contributed by atoms with Crippen LogP contribution in [0.5, 0.6) is 11.5 Å². The van der Waals surface area contributed by atoms with E-state index < -0.39 is 16.8 Å². The van der Waals surface area contributed by atoms with Gasteiger partial charge in [-0.3, -0.25) is 9.69 Å². The number of esters is 1. The molecule has 1 unspecified atom stereocenters. The maximum atomic E-state index is 12.5. The van der Waals surface area contributed by atoms with Crippen molar-refractivity contribution in [2.75, 3.05) is 19.9 Å². The molecule has 1 spiro atoms. The van der Waals surface area contributed by atoms with Crippen LogP contribution in [0, 0.1) is 5.92 Å². The quantitative estimate of drug-likeness (QED) is 0.0715. The van der Waals surface area contributed by atoms with Crippen molar-refractivity contribution in [3.05, 3.63) is 35.4 Å². The van der Waals surface area contributed by atoms with E-state index in [1.54, 1.807) is 0 Å². The zero-order valence-corrected chi connectivity index (χ0v) is 27.8. The van der Waals surface area contributed by atoms with Gasteiger partial charge in [-0.15, -0.1) is 0 Å². The van der Waals surface area contributed by atoms with E-state index in [2.05, 4.69) is 18.4 Å². The van der Waals surface area contributed by atoms with E-state index in [0.29, 0.717) is 49.2 Å². The molecule has 0 radical (unpaired) electrons. The second-order valence-electron chi connectivity index (χ2n) is 14.8. The third kappa shape index (κ3) is 6.18. The van der Waals surface area contributed by atoms with Gasteiger partial charge in [-0.25, -0.2) is 0 Å². The Morgan fingerprint density at radius 1 is 0.978 bits per heavy atom. The van der Waals surface area contributed by atoms with Crippen molar-refractivity contribution in [1.29, 1.82) is 0 Å². The number of aliphatic hydroxyl groups is 2. The lowest BCUT2D eigenvalue weighted by Crippen LogP contribution is -2.79. The summed E-state index contributed by atoms with van der Waals surface area (Å²) in [4.78, 5) is 14.9. The number of unbranched alkanes of at least 4 members (excludes halogenated alkanes) is 12. The van der Waals surface area contributed by atoms with Crippen LogP contribution in [0.2, 0.25) is 0 Å². The number of carbonyl (C=O) groups excluding carboxylic acids is 1. The van der Waals surface area contributed by atoms with Crippen LogP contribution in [0.1, 0.15) is 140 Å². The Bertz CT molecular complexity index is 1210. The second kappa shape index (κ2) is 13.9. The van der Waals surface area contributed by atoms with Crippen molar-refractivity contribution in [1.82, 2.24) is 4.90 Å². The Morgan fingerprint density at radius 2 is 1.64 bits per heavy atom. The zero-order valence-electron chi connectivity index (χ0n) is 27.8. The van der Waals surface area contributed by atoms with Crippen LogP contribution < -0.4 is 9.47 Å². The predicted octanol–water partition coefficient (Wildman–Crippen LogP) is 7.49. The topological polar surface area (TPSA) is 88.5 Å². The minimum Gasteiger partial charge on any atom is -0.453 e. The molecule has 250 valence electrons. The molecule has 2 saturated carbocycles. The number of carbonyl (C=O) groups is 1. The molecule has 3 fully saturated rings. The van der Waals surface area contributed by atoms with Crippen LogP contribution in [0.3, 0.4) is 0 Å². The van der Waals surface area contributed by atoms with Crippen LogP contribution in [0.4, 0.5) is 0 Å². The van der Waals surface area contributed by atoms with Crippen LogP contribution in [0.15, 0.2) is 24.3 Å². The average molecular weight is 624 g/mol. The zero-order chi connectivity index (χ0) is 31.5. The normalized spacial score (nSPS) is 29.8. The molecular formula is C38H57NO6. The van der Waals surface area contributed by atoms with E-state index in [4.69, 9.17) is 14.2 Å². The van der Waals surface area contributed by atoms with Gasteiger partial charge in [0.15, 0.2) is 11.5 Å². The fourth-order valence-corrected chi connectivity index (χ4v) is 9.08. The van der Waals surface area contributed by atoms with Crippen LogP contribution in [-0.2, 0) is 21.4 Å². The van der Waals surface area contributed by atoms with Crippen molar-refractivity contribution in [2.45, 2.75) is 158 Å². The van der Waals surface area contributed by atoms with Crippen LogP contribution in [-0.4, -0.2) is 58.4 Å². The molecule has 6 rings (SSSR count). The predicted molar refractivity (Wildman–Crippen MR) is 175 cm³/mol. The third-order valence-corrected chi connectivity index (χ3v) is 11.8. The molecule has 2 heterocycles. The molecule has 2 N–H and O–H groups in total. The highest BCUT2D eigenvalue weighted by Crippen LogP contribution is 2.69. The molecule has 2 bridgehead atoms. The van der Waals surface area contributed by atoms with Crippen LogP contribution >= 0.6 is 0 Å². The van der Waals surface area contributed by atoms with Crippen LogP contribution in [0.25, 0.3) is 0 Å². The number of ether oxygens (including phenoxy) is 3. The van der Waals surface area contributed by atoms with E-state index in [1.807, 2.05) is 12.1 Å². The monoisotopic (exact) mass is 623 g/mol. The number of hydrogen-bond acceptors (Lipinski definition) is 7. The Hall–Kier alpha value is -2.09. The summed E-state index contributed by atoms with van der Waals surface area (Å²) in [5.41, 5.74) is 0.477. The van der Waals surface area contributed by atoms with Gasteiger partial charge in [-0.2, -0.15) is 0 Å². The van der Waals surface area contributed by atoms with Crippen molar-refractivity contribution in [3.63, 3.8) is 0 Å². The Labute approximate surface area is 270 Å². The lowest BCUT2D eigenvalue weighted by molar-refractivity contribution is -0.262.